The summed E-state index contributed by atoms with van der Waals surface area (Å²) in [4.78, 5) is 29.2. The molecule has 220 valence electrons. The summed E-state index contributed by atoms with van der Waals surface area (Å²) >= 11 is 1.56. The summed E-state index contributed by atoms with van der Waals surface area (Å²) in [5.41, 5.74) is 9.28. The monoisotopic (exact) mass is 589 g/mol. The molecule has 11 heteroatoms. The lowest BCUT2D eigenvalue weighted by molar-refractivity contribution is -0.138. The summed E-state index contributed by atoms with van der Waals surface area (Å²) in [6, 6.07) is 23.1. The maximum Gasteiger partial charge on any atom is 0.411 e. The minimum absolute atomic E-state index is 0.00347. The first kappa shape index (κ1) is 29.4. The molecule has 0 aromatic heterocycles. The molecule has 10 nitrogen and oxygen atoms in total. The van der Waals surface area contributed by atoms with Crippen molar-refractivity contribution in [3.63, 3.8) is 0 Å². The van der Waals surface area contributed by atoms with E-state index in [0.717, 1.165) is 34.7 Å². The minimum atomic E-state index is -0.815. The Balaban J connectivity index is 1.22. The van der Waals surface area contributed by atoms with Gasteiger partial charge in [0.05, 0.1) is 11.8 Å². The first-order chi connectivity index (χ1) is 20.4. The highest BCUT2D eigenvalue weighted by atomic mass is 32.2. The van der Waals surface area contributed by atoms with E-state index >= 15 is 0 Å². The normalized spacial score (nSPS) is 17.7. The number of para-hydroxylation sites is 1. The maximum atomic E-state index is 13.0. The number of anilines is 1. The maximum absolute atomic E-state index is 13.0. The van der Waals surface area contributed by atoms with Gasteiger partial charge in [0.15, 0.2) is 6.10 Å². The average Bonchev–Trinajstić information content (AvgIpc) is 3.43. The van der Waals surface area contributed by atoms with Gasteiger partial charge in [-0.05, 0) is 35.7 Å². The highest BCUT2D eigenvalue weighted by molar-refractivity contribution is 8.01. The number of benzene rings is 3. The fourth-order valence-corrected chi connectivity index (χ4v) is 6.32. The van der Waals surface area contributed by atoms with Crippen LogP contribution in [-0.4, -0.2) is 77.4 Å². The second kappa shape index (κ2) is 13.7. The largest absolute Gasteiger partial charge is 0.482 e. The van der Waals surface area contributed by atoms with E-state index in [1.54, 1.807) is 11.8 Å². The third-order valence-electron chi connectivity index (χ3n) is 7.37. The van der Waals surface area contributed by atoms with Crippen molar-refractivity contribution < 1.29 is 24.2 Å². The molecule has 3 aromatic carbocycles. The summed E-state index contributed by atoms with van der Waals surface area (Å²) in [5, 5.41) is 19.7. The Morgan fingerprint density at radius 3 is 2.45 bits per heavy atom. The van der Waals surface area contributed by atoms with Crippen molar-refractivity contribution in [3.05, 3.63) is 89.5 Å². The molecule has 1 saturated heterocycles. The molecule has 2 aliphatic heterocycles. The molecule has 0 spiro atoms. The van der Waals surface area contributed by atoms with Crippen LogP contribution in [0.5, 0.6) is 5.75 Å². The summed E-state index contributed by atoms with van der Waals surface area (Å²) < 4.78 is 12.2. The van der Waals surface area contributed by atoms with E-state index in [1.165, 1.54) is 0 Å². The predicted molar refractivity (Wildman–Crippen MR) is 162 cm³/mol. The summed E-state index contributed by atoms with van der Waals surface area (Å²) in [7, 11) is 0. The molecule has 2 heterocycles. The number of carboxylic acid groups (broad SMARTS) is 1. The predicted octanol–water partition coefficient (Wildman–Crippen LogP) is 4.21. The van der Waals surface area contributed by atoms with E-state index < -0.39 is 18.2 Å². The van der Waals surface area contributed by atoms with Crippen molar-refractivity contribution in [1.82, 2.24) is 9.80 Å². The topological polar surface area (TPSA) is 141 Å². The number of nitrogens with zero attached hydrogens (tertiary/aromatic N) is 2. The van der Waals surface area contributed by atoms with Crippen molar-refractivity contribution in [1.29, 1.82) is 5.41 Å². The first-order valence-corrected chi connectivity index (χ1v) is 14.8. The van der Waals surface area contributed by atoms with Crippen LogP contribution in [0.15, 0.2) is 77.7 Å². The molecule has 0 saturated carbocycles. The number of ether oxygens (including phenoxy) is 2. The highest BCUT2D eigenvalue weighted by Crippen LogP contribution is 2.42. The molecule has 2 atom stereocenters. The standard InChI is InChI=1S/C31H35N5O5S/c32-30(33)28-17-23-25(11-6-12-27(23)42-28)41-26(21-7-2-1-3-8-21)20-40-31(39)34-24-10-5-4-9-22(24)18-35-13-15-36(16-14-35)19-29(37)38/h1-12,26,28H,13-20H2,(H3,32,33)(H,34,39)(H,37,38). The number of fused-ring (bicyclic) bond motifs is 1. The molecule has 42 heavy (non-hydrogen) atoms. The number of rotatable bonds is 11. The molecule has 0 aliphatic carbocycles. The van der Waals surface area contributed by atoms with Crippen LogP contribution in [0, 0.1) is 5.41 Å². The quantitative estimate of drug-likeness (QED) is 0.191. The third-order valence-corrected chi connectivity index (χ3v) is 8.72. The highest BCUT2D eigenvalue weighted by Gasteiger charge is 2.29. The fraction of sp³-hybridized carbons (Fsp3) is 0.323. The molecular weight excluding hydrogens is 554 g/mol. The van der Waals surface area contributed by atoms with Crippen LogP contribution in [-0.2, 0) is 22.5 Å². The van der Waals surface area contributed by atoms with E-state index in [0.29, 0.717) is 37.5 Å². The average molecular weight is 590 g/mol. The molecule has 3 aromatic rings. The molecule has 0 radical (unpaired) electrons. The molecule has 1 fully saturated rings. The summed E-state index contributed by atoms with van der Waals surface area (Å²) in [6.45, 7) is 3.54. The van der Waals surface area contributed by atoms with E-state index in [1.807, 2.05) is 77.7 Å². The zero-order chi connectivity index (χ0) is 29.5. The third kappa shape index (κ3) is 7.61. The number of carbonyl (C=O) groups is 2. The van der Waals surface area contributed by atoms with Crippen molar-refractivity contribution in [3.8, 4) is 5.75 Å². The minimum Gasteiger partial charge on any atom is -0.482 e. The van der Waals surface area contributed by atoms with Crippen LogP contribution in [0.1, 0.15) is 22.8 Å². The lowest BCUT2D eigenvalue weighted by Gasteiger charge is -2.34. The Kier molecular flexibility index (Phi) is 9.63. The lowest BCUT2D eigenvalue weighted by atomic mass is 10.1. The number of thioether (sulfide) groups is 1. The molecule has 2 aliphatic rings. The summed E-state index contributed by atoms with van der Waals surface area (Å²) in [6.07, 6.45) is -0.509. The van der Waals surface area contributed by atoms with Crippen LogP contribution < -0.4 is 15.8 Å². The van der Waals surface area contributed by atoms with E-state index in [9.17, 15) is 9.59 Å². The van der Waals surface area contributed by atoms with Gasteiger partial charge in [-0.25, -0.2) is 4.79 Å². The zero-order valence-electron chi connectivity index (χ0n) is 23.2. The van der Waals surface area contributed by atoms with Gasteiger partial charge in [0.2, 0.25) is 0 Å². The summed E-state index contributed by atoms with van der Waals surface area (Å²) in [5.74, 6) is 0.0163. The van der Waals surface area contributed by atoms with Crippen LogP contribution in [0.25, 0.3) is 0 Å². The van der Waals surface area contributed by atoms with Crippen LogP contribution >= 0.6 is 11.8 Å². The zero-order valence-corrected chi connectivity index (χ0v) is 24.0. The number of hydrogen-bond acceptors (Lipinski definition) is 8. The van der Waals surface area contributed by atoms with Gasteiger partial charge in [-0.15, -0.1) is 11.8 Å². The van der Waals surface area contributed by atoms with Crippen molar-refractivity contribution >= 4 is 35.3 Å². The van der Waals surface area contributed by atoms with Crippen LogP contribution in [0.2, 0.25) is 0 Å². The number of hydrogen-bond donors (Lipinski definition) is 4. The number of carbonyl (C=O) groups excluding carboxylic acids is 1. The number of amides is 1. The number of nitrogens with one attached hydrogen (secondary N) is 2. The van der Waals surface area contributed by atoms with Crippen molar-refractivity contribution in [2.75, 3.05) is 44.6 Å². The molecule has 5 N–H and O–H groups in total. The van der Waals surface area contributed by atoms with Crippen molar-refractivity contribution in [2.24, 2.45) is 5.73 Å². The Hall–Kier alpha value is -4.06. The van der Waals surface area contributed by atoms with E-state index in [2.05, 4.69) is 10.2 Å². The van der Waals surface area contributed by atoms with Gasteiger partial charge in [0.25, 0.3) is 0 Å². The molecule has 0 bridgehead atoms. The van der Waals surface area contributed by atoms with Gasteiger partial charge in [-0.1, -0.05) is 54.6 Å². The molecule has 5 rings (SSSR count). The van der Waals surface area contributed by atoms with E-state index in [4.69, 9.17) is 25.7 Å². The van der Waals surface area contributed by atoms with Gasteiger partial charge in [0, 0.05) is 48.9 Å². The number of carboxylic acids is 1. The van der Waals surface area contributed by atoms with Gasteiger partial charge in [0.1, 0.15) is 18.2 Å². The first-order valence-electron chi connectivity index (χ1n) is 13.9. The SMILES string of the molecule is N=C(N)C1Cc2c(OC(COC(=O)Nc3ccccc3CN3CCN(CC(=O)O)CC3)c3ccccc3)cccc2S1. The van der Waals surface area contributed by atoms with Crippen LogP contribution in [0.3, 0.4) is 0 Å². The van der Waals surface area contributed by atoms with Gasteiger partial charge < -0.3 is 20.3 Å². The second-order valence-corrected chi connectivity index (χ2v) is 11.6. The fourth-order valence-electron chi connectivity index (χ4n) is 5.16. The van der Waals surface area contributed by atoms with Crippen LogP contribution in [0.4, 0.5) is 10.5 Å². The van der Waals surface area contributed by atoms with Gasteiger partial charge in [-0.2, -0.15) is 0 Å². The smallest absolute Gasteiger partial charge is 0.411 e. The Morgan fingerprint density at radius 1 is 1.00 bits per heavy atom. The number of aliphatic carboxylic acids is 1. The molecular formula is C31H35N5O5S. The Bertz CT molecular complexity index is 1410. The second-order valence-electron chi connectivity index (χ2n) is 10.3. The number of amidine groups is 1. The molecule has 2 unspecified atom stereocenters. The number of nitrogens with two attached hydrogens (primary N) is 1. The van der Waals surface area contributed by atoms with Crippen molar-refractivity contribution in [2.45, 2.75) is 29.2 Å². The Morgan fingerprint density at radius 2 is 1.71 bits per heavy atom. The van der Waals surface area contributed by atoms with E-state index in [-0.39, 0.29) is 24.2 Å². The molecule has 1 amide bonds. The Labute approximate surface area is 249 Å². The van der Waals surface area contributed by atoms with Gasteiger partial charge in [-0.3, -0.25) is 25.3 Å². The lowest BCUT2D eigenvalue weighted by Crippen LogP contribution is -2.47. The number of piperazine rings is 1. The van der Waals surface area contributed by atoms with Gasteiger partial charge >= 0.3 is 12.1 Å².